The first-order valence-corrected chi connectivity index (χ1v) is 7.83. The molecule has 0 N–H and O–H groups in total. The maximum atomic E-state index is 4.61. The fourth-order valence-electron chi connectivity index (χ4n) is 2.13. The quantitative estimate of drug-likeness (QED) is 0.790. The van der Waals surface area contributed by atoms with Crippen molar-refractivity contribution in [1.29, 1.82) is 0 Å². The monoisotopic (exact) mass is 324 g/mol. The van der Waals surface area contributed by atoms with Gasteiger partial charge in [0.1, 0.15) is 5.52 Å². The summed E-state index contributed by atoms with van der Waals surface area (Å²) in [6, 6.07) is 2.56. The van der Waals surface area contributed by atoms with Crippen LogP contribution in [0.1, 0.15) is 39.3 Å². The standard InChI is InChI=1S/C14H21BrN4/c1-10(2)12-9-13-14(16-6-8-19(13)17-12)18(7-5-15)11(3)4/h6,8-11H,5,7H2,1-4H3. The Balaban J connectivity index is 2.52. The van der Waals surface area contributed by atoms with E-state index in [0.717, 1.165) is 28.9 Å². The van der Waals surface area contributed by atoms with Crippen molar-refractivity contribution in [2.24, 2.45) is 0 Å². The van der Waals surface area contributed by atoms with E-state index in [9.17, 15) is 0 Å². The second-order valence-corrected chi connectivity index (χ2v) is 6.07. The van der Waals surface area contributed by atoms with Crippen molar-refractivity contribution in [2.45, 2.75) is 39.7 Å². The molecule has 0 bridgehead atoms. The summed E-state index contributed by atoms with van der Waals surface area (Å²) in [4.78, 5) is 6.87. The molecule has 4 nitrogen and oxygen atoms in total. The normalized spacial score (nSPS) is 11.7. The van der Waals surface area contributed by atoms with E-state index >= 15 is 0 Å². The summed E-state index contributed by atoms with van der Waals surface area (Å²) in [5, 5.41) is 5.54. The zero-order valence-electron chi connectivity index (χ0n) is 12.0. The van der Waals surface area contributed by atoms with Crippen LogP contribution in [0, 0.1) is 0 Å². The number of anilines is 1. The highest BCUT2D eigenvalue weighted by atomic mass is 79.9. The van der Waals surface area contributed by atoms with Crippen molar-refractivity contribution in [2.75, 3.05) is 16.8 Å². The number of hydrogen-bond donors (Lipinski definition) is 0. The van der Waals surface area contributed by atoms with E-state index < -0.39 is 0 Å². The second kappa shape index (κ2) is 5.90. The first kappa shape index (κ1) is 14.3. The number of rotatable bonds is 5. The first-order valence-electron chi connectivity index (χ1n) is 6.71. The maximum absolute atomic E-state index is 4.61. The van der Waals surface area contributed by atoms with Gasteiger partial charge in [0.25, 0.3) is 0 Å². The fraction of sp³-hybridized carbons (Fsp3) is 0.571. The predicted molar refractivity (Wildman–Crippen MR) is 83.4 cm³/mol. The summed E-state index contributed by atoms with van der Waals surface area (Å²) in [5.74, 6) is 1.44. The highest BCUT2D eigenvalue weighted by Crippen LogP contribution is 2.24. The largest absolute Gasteiger partial charge is 0.352 e. The molecule has 0 aliphatic carbocycles. The molecule has 19 heavy (non-hydrogen) atoms. The number of aromatic nitrogens is 3. The van der Waals surface area contributed by atoms with Crippen LogP contribution in [0.4, 0.5) is 5.82 Å². The molecule has 0 saturated heterocycles. The van der Waals surface area contributed by atoms with Crippen molar-refractivity contribution in [3.8, 4) is 0 Å². The van der Waals surface area contributed by atoms with E-state index in [1.807, 2.05) is 16.9 Å². The Labute approximate surface area is 123 Å². The predicted octanol–water partition coefficient (Wildman–Crippen LogP) is 3.46. The fourth-order valence-corrected chi connectivity index (χ4v) is 2.51. The Hall–Kier alpha value is -1.10. The zero-order chi connectivity index (χ0) is 14.0. The summed E-state index contributed by atoms with van der Waals surface area (Å²) in [7, 11) is 0. The van der Waals surface area contributed by atoms with Gasteiger partial charge in [0.05, 0.1) is 5.69 Å². The van der Waals surface area contributed by atoms with Crippen LogP contribution in [0.15, 0.2) is 18.5 Å². The average molecular weight is 325 g/mol. The number of hydrogen-bond acceptors (Lipinski definition) is 3. The van der Waals surface area contributed by atoms with E-state index in [1.54, 1.807) is 0 Å². The van der Waals surface area contributed by atoms with Crippen molar-refractivity contribution >= 4 is 27.3 Å². The second-order valence-electron chi connectivity index (χ2n) is 5.28. The average Bonchev–Trinajstić information content (AvgIpc) is 2.79. The molecule has 0 radical (unpaired) electrons. The Morgan fingerprint density at radius 3 is 2.63 bits per heavy atom. The molecule has 5 heteroatoms. The van der Waals surface area contributed by atoms with Crippen LogP contribution < -0.4 is 4.90 Å². The zero-order valence-corrected chi connectivity index (χ0v) is 13.6. The Morgan fingerprint density at radius 2 is 2.05 bits per heavy atom. The molecule has 0 amide bonds. The van der Waals surface area contributed by atoms with Gasteiger partial charge in [-0.1, -0.05) is 29.8 Å². The van der Waals surface area contributed by atoms with Crippen LogP contribution in [-0.4, -0.2) is 32.5 Å². The van der Waals surface area contributed by atoms with Gasteiger partial charge in [0.2, 0.25) is 0 Å². The lowest BCUT2D eigenvalue weighted by atomic mass is 10.1. The molecule has 104 valence electrons. The topological polar surface area (TPSA) is 33.4 Å². The Kier molecular flexibility index (Phi) is 4.45. The van der Waals surface area contributed by atoms with E-state index in [2.05, 4.69) is 64.7 Å². The number of halogens is 1. The van der Waals surface area contributed by atoms with Gasteiger partial charge in [0.15, 0.2) is 5.82 Å². The van der Waals surface area contributed by atoms with Crippen molar-refractivity contribution in [3.63, 3.8) is 0 Å². The van der Waals surface area contributed by atoms with Crippen molar-refractivity contribution < 1.29 is 0 Å². The van der Waals surface area contributed by atoms with E-state index in [1.165, 1.54) is 0 Å². The molecule has 0 saturated carbocycles. The third-order valence-electron chi connectivity index (χ3n) is 3.20. The van der Waals surface area contributed by atoms with Crippen LogP contribution >= 0.6 is 15.9 Å². The molecule has 0 atom stereocenters. The molecular weight excluding hydrogens is 304 g/mol. The van der Waals surface area contributed by atoms with E-state index in [4.69, 9.17) is 0 Å². The lowest BCUT2D eigenvalue weighted by Gasteiger charge is -2.27. The summed E-state index contributed by atoms with van der Waals surface area (Å²) in [5.41, 5.74) is 2.19. The molecule has 0 aliphatic rings. The minimum absolute atomic E-state index is 0.411. The minimum Gasteiger partial charge on any atom is -0.352 e. The van der Waals surface area contributed by atoms with Crippen LogP contribution in [0.2, 0.25) is 0 Å². The van der Waals surface area contributed by atoms with Crippen molar-refractivity contribution in [3.05, 3.63) is 24.2 Å². The molecule has 0 unspecified atom stereocenters. The van der Waals surface area contributed by atoms with Crippen molar-refractivity contribution in [1.82, 2.24) is 14.6 Å². The molecule has 0 aliphatic heterocycles. The molecule has 2 aromatic rings. The highest BCUT2D eigenvalue weighted by molar-refractivity contribution is 9.09. The van der Waals surface area contributed by atoms with E-state index in [-0.39, 0.29) is 0 Å². The summed E-state index contributed by atoms with van der Waals surface area (Å²) in [6.07, 6.45) is 3.74. The first-order chi connectivity index (χ1) is 9.04. The van der Waals surface area contributed by atoms with Crippen LogP contribution in [0.3, 0.4) is 0 Å². The van der Waals surface area contributed by atoms with Crippen LogP contribution in [-0.2, 0) is 0 Å². The summed E-state index contributed by atoms with van der Waals surface area (Å²) >= 11 is 3.52. The molecule has 0 spiro atoms. The van der Waals surface area contributed by atoms with Gasteiger partial charge < -0.3 is 4.90 Å². The van der Waals surface area contributed by atoms with Gasteiger partial charge in [0, 0.05) is 30.3 Å². The lowest BCUT2D eigenvalue weighted by Crippen LogP contribution is -2.33. The minimum atomic E-state index is 0.411. The van der Waals surface area contributed by atoms with E-state index in [0.29, 0.717) is 12.0 Å². The third kappa shape index (κ3) is 2.91. The van der Waals surface area contributed by atoms with Gasteiger partial charge in [-0.15, -0.1) is 0 Å². The number of fused-ring (bicyclic) bond motifs is 1. The molecular formula is C14H21BrN4. The Morgan fingerprint density at radius 1 is 1.32 bits per heavy atom. The lowest BCUT2D eigenvalue weighted by molar-refractivity contribution is 0.696. The number of nitrogens with zero attached hydrogens (tertiary/aromatic N) is 4. The Bertz CT molecular complexity index is 547. The molecule has 2 heterocycles. The SMILES string of the molecule is CC(C)c1cc2c(N(CCBr)C(C)C)nccn2n1. The smallest absolute Gasteiger partial charge is 0.154 e. The third-order valence-corrected chi connectivity index (χ3v) is 3.56. The van der Waals surface area contributed by atoms with Gasteiger partial charge in [-0.05, 0) is 25.8 Å². The highest BCUT2D eigenvalue weighted by Gasteiger charge is 2.17. The van der Waals surface area contributed by atoms with Crippen LogP contribution in [0.25, 0.3) is 5.52 Å². The molecule has 0 aromatic carbocycles. The summed E-state index contributed by atoms with van der Waals surface area (Å²) < 4.78 is 1.93. The number of alkyl halides is 1. The van der Waals surface area contributed by atoms with Crippen LogP contribution in [0.5, 0.6) is 0 Å². The summed E-state index contributed by atoms with van der Waals surface area (Å²) in [6.45, 7) is 9.63. The molecule has 0 fully saturated rings. The van der Waals surface area contributed by atoms with Gasteiger partial charge in [-0.25, -0.2) is 9.50 Å². The molecule has 2 rings (SSSR count). The van der Waals surface area contributed by atoms with Gasteiger partial charge in [-0.3, -0.25) is 0 Å². The maximum Gasteiger partial charge on any atom is 0.154 e. The van der Waals surface area contributed by atoms with Gasteiger partial charge >= 0.3 is 0 Å². The molecule has 2 aromatic heterocycles. The van der Waals surface area contributed by atoms with Gasteiger partial charge in [-0.2, -0.15) is 5.10 Å².